The molecular weight excluding hydrogens is 164 g/mol. The maximum absolute atomic E-state index is 8.98. The molecule has 1 unspecified atom stereocenters. The summed E-state index contributed by atoms with van der Waals surface area (Å²) in [4.78, 5) is 0. The Morgan fingerprint density at radius 1 is 1.31 bits per heavy atom. The maximum atomic E-state index is 8.98. The molecule has 2 heteroatoms. The first-order valence-electron chi connectivity index (χ1n) is 5.59. The molecule has 1 aliphatic rings. The molecule has 0 radical (unpaired) electrons. The van der Waals surface area contributed by atoms with Crippen molar-refractivity contribution >= 4 is 0 Å². The molecule has 1 atom stereocenters. The second-order valence-electron chi connectivity index (χ2n) is 4.05. The van der Waals surface area contributed by atoms with Crippen molar-refractivity contribution < 1.29 is 9.84 Å². The van der Waals surface area contributed by atoms with Gasteiger partial charge in [-0.15, -0.1) is 0 Å². The first kappa shape index (κ1) is 11.0. The van der Waals surface area contributed by atoms with Crippen LogP contribution < -0.4 is 0 Å². The summed E-state index contributed by atoms with van der Waals surface area (Å²) >= 11 is 0. The van der Waals surface area contributed by atoms with E-state index >= 15 is 0 Å². The van der Waals surface area contributed by atoms with Crippen molar-refractivity contribution in [2.45, 2.75) is 51.6 Å². The van der Waals surface area contributed by atoms with Gasteiger partial charge in [-0.3, -0.25) is 0 Å². The lowest BCUT2D eigenvalue weighted by Gasteiger charge is -2.23. The van der Waals surface area contributed by atoms with E-state index in [0.717, 1.165) is 13.0 Å². The second kappa shape index (κ2) is 6.39. The van der Waals surface area contributed by atoms with Crippen molar-refractivity contribution in [2.24, 2.45) is 5.92 Å². The summed E-state index contributed by atoms with van der Waals surface area (Å²) in [5.74, 6) is 0.349. The van der Waals surface area contributed by atoms with E-state index in [-0.39, 0.29) is 6.61 Å². The summed E-state index contributed by atoms with van der Waals surface area (Å²) in [6, 6.07) is 0. The number of hydrogen-bond acceptors (Lipinski definition) is 2. The Morgan fingerprint density at radius 2 is 2.00 bits per heavy atom. The first-order valence-corrected chi connectivity index (χ1v) is 5.59. The number of rotatable bonds is 5. The highest BCUT2D eigenvalue weighted by molar-refractivity contribution is 4.66. The van der Waals surface area contributed by atoms with Gasteiger partial charge in [-0.25, -0.2) is 0 Å². The van der Waals surface area contributed by atoms with Gasteiger partial charge in [0.05, 0.1) is 12.7 Å². The zero-order valence-electron chi connectivity index (χ0n) is 8.67. The molecule has 1 saturated carbocycles. The molecule has 0 spiro atoms. The third kappa shape index (κ3) is 4.10. The van der Waals surface area contributed by atoms with Gasteiger partial charge in [-0.2, -0.15) is 0 Å². The number of aliphatic hydroxyl groups is 1. The molecule has 1 N–H and O–H groups in total. The molecule has 78 valence electrons. The summed E-state index contributed by atoms with van der Waals surface area (Å²) in [6.45, 7) is 3.12. The molecule has 0 aromatic carbocycles. The molecule has 13 heavy (non-hydrogen) atoms. The predicted octanol–water partition coefficient (Wildman–Crippen LogP) is 2.35. The van der Waals surface area contributed by atoms with E-state index in [1.807, 2.05) is 0 Å². The van der Waals surface area contributed by atoms with Gasteiger partial charge in [0.25, 0.3) is 0 Å². The Balaban J connectivity index is 2.09. The van der Waals surface area contributed by atoms with Crippen LogP contribution in [0.5, 0.6) is 0 Å². The van der Waals surface area contributed by atoms with Gasteiger partial charge < -0.3 is 9.84 Å². The number of hydrogen-bond donors (Lipinski definition) is 1. The van der Waals surface area contributed by atoms with E-state index in [9.17, 15) is 0 Å². The zero-order valence-corrected chi connectivity index (χ0v) is 8.67. The normalized spacial score (nSPS) is 21.7. The van der Waals surface area contributed by atoms with E-state index in [1.165, 1.54) is 32.1 Å². The largest absolute Gasteiger partial charge is 0.396 e. The van der Waals surface area contributed by atoms with Crippen LogP contribution in [0, 0.1) is 5.92 Å². The van der Waals surface area contributed by atoms with Crippen molar-refractivity contribution in [3.63, 3.8) is 0 Å². The lowest BCUT2D eigenvalue weighted by atomic mass is 9.97. The van der Waals surface area contributed by atoms with E-state index in [1.54, 1.807) is 0 Å². The molecule has 0 saturated heterocycles. The SMILES string of the molecule is CCC(CO)COC1CCCCC1. The third-order valence-corrected chi connectivity index (χ3v) is 2.96. The summed E-state index contributed by atoms with van der Waals surface area (Å²) in [7, 11) is 0. The van der Waals surface area contributed by atoms with E-state index < -0.39 is 0 Å². The first-order chi connectivity index (χ1) is 6.36. The monoisotopic (exact) mass is 186 g/mol. The quantitative estimate of drug-likeness (QED) is 0.714. The molecule has 1 rings (SSSR count). The Hall–Kier alpha value is -0.0800. The highest BCUT2D eigenvalue weighted by Gasteiger charge is 2.15. The maximum Gasteiger partial charge on any atom is 0.0575 e. The molecular formula is C11H22O2. The standard InChI is InChI=1S/C11H22O2/c1-2-10(8-12)9-13-11-6-4-3-5-7-11/h10-12H,2-9H2,1H3. The van der Waals surface area contributed by atoms with E-state index in [0.29, 0.717) is 12.0 Å². The fourth-order valence-electron chi connectivity index (χ4n) is 1.80. The molecule has 0 heterocycles. The van der Waals surface area contributed by atoms with Crippen LogP contribution in [-0.2, 0) is 4.74 Å². The fraction of sp³-hybridized carbons (Fsp3) is 1.00. The molecule has 0 aliphatic heterocycles. The Morgan fingerprint density at radius 3 is 2.54 bits per heavy atom. The van der Waals surface area contributed by atoms with Gasteiger partial charge in [-0.1, -0.05) is 26.2 Å². The Kier molecular flexibility index (Phi) is 5.40. The number of ether oxygens (including phenoxy) is 1. The van der Waals surface area contributed by atoms with Crippen LogP contribution in [0.3, 0.4) is 0 Å². The Bertz CT molecular complexity index is 115. The predicted molar refractivity (Wildman–Crippen MR) is 53.7 cm³/mol. The van der Waals surface area contributed by atoms with E-state index in [2.05, 4.69) is 6.92 Å². The summed E-state index contributed by atoms with van der Waals surface area (Å²) in [6.07, 6.45) is 7.96. The molecule has 0 amide bonds. The summed E-state index contributed by atoms with van der Waals surface area (Å²) in [5.41, 5.74) is 0. The van der Waals surface area contributed by atoms with Gasteiger partial charge in [0.1, 0.15) is 0 Å². The highest BCUT2D eigenvalue weighted by Crippen LogP contribution is 2.21. The highest BCUT2D eigenvalue weighted by atomic mass is 16.5. The molecule has 1 fully saturated rings. The summed E-state index contributed by atoms with van der Waals surface area (Å²) in [5, 5.41) is 8.98. The minimum absolute atomic E-state index is 0.267. The van der Waals surface area contributed by atoms with Gasteiger partial charge >= 0.3 is 0 Å². The van der Waals surface area contributed by atoms with Crippen LogP contribution in [-0.4, -0.2) is 24.4 Å². The van der Waals surface area contributed by atoms with Crippen molar-refractivity contribution in [3.8, 4) is 0 Å². The van der Waals surface area contributed by atoms with Gasteiger partial charge in [-0.05, 0) is 19.3 Å². The van der Waals surface area contributed by atoms with Crippen molar-refractivity contribution in [1.29, 1.82) is 0 Å². The van der Waals surface area contributed by atoms with Gasteiger partial charge in [0.15, 0.2) is 0 Å². The van der Waals surface area contributed by atoms with Crippen LogP contribution in [0.25, 0.3) is 0 Å². The van der Waals surface area contributed by atoms with Crippen molar-refractivity contribution in [3.05, 3.63) is 0 Å². The van der Waals surface area contributed by atoms with Crippen molar-refractivity contribution in [2.75, 3.05) is 13.2 Å². The Labute approximate surface area is 81.3 Å². The van der Waals surface area contributed by atoms with Crippen LogP contribution in [0.1, 0.15) is 45.4 Å². The minimum atomic E-state index is 0.267. The third-order valence-electron chi connectivity index (χ3n) is 2.96. The second-order valence-corrected chi connectivity index (χ2v) is 4.05. The number of aliphatic hydroxyl groups excluding tert-OH is 1. The van der Waals surface area contributed by atoms with Crippen molar-refractivity contribution in [1.82, 2.24) is 0 Å². The van der Waals surface area contributed by atoms with Crippen LogP contribution in [0.15, 0.2) is 0 Å². The fourth-order valence-corrected chi connectivity index (χ4v) is 1.80. The topological polar surface area (TPSA) is 29.5 Å². The van der Waals surface area contributed by atoms with Crippen LogP contribution in [0.4, 0.5) is 0 Å². The van der Waals surface area contributed by atoms with Gasteiger partial charge in [0, 0.05) is 12.5 Å². The average Bonchev–Trinajstić information content (AvgIpc) is 2.21. The average molecular weight is 186 g/mol. The lowest BCUT2D eigenvalue weighted by Crippen LogP contribution is -2.22. The lowest BCUT2D eigenvalue weighted by molar-refractivity contribution is -0.00375. The smallest absolute Gasteiger partial charge is 0.0575 e. The van der Waals surface area contributed by atoms with Crippen LogP contribution in [0.2, 0.25) is 0 Å². The van der Waals surface area contributed by atoms with Crippen LogP contribution >= 0.6 is 0 Å². The molecule has 2 nitrogen and oxygen atoms in total. The minimum Gasteiger partial charge on any atom is -0.396 e. The summed E-state index contributed by atoms with van der Waals surface area (Å²) < 4.78 is 5.77. The molecule has 0 bridgehead atoms. The molecule has 1 aliphatic carbocycles. The molecule has 0 aromatic heterocycles. The van der Waals surface area contributed by atoms with E-state index in [4.69, 9.17) is 9.84 Å². The van der Waals surface area contributed by atoms with Gasteiger partial charge in [0.2, 0.25) is 0 Å². The molecule has 0 aromatic rings. The zero-order chi connectivity index (χ0) is 9.52.